The fourth-order valence-electron chi connectivity index (χ4n) is 5.05. The van der Waals surface area contributed by atoms with Gasteiger partial charge in [-0.1, -0.05) is 43.0 Å². The molecule has 6 heteroatoms. The Balaban J connectivity index is 1.46. The Morgan fingerprint density at radius 1 is 1.17 bits per heavy atom. The summed E-state index contributed by atoms with van der Waals surface area (Å²) in [5, 5.41) is 0. The summed E-state index contributed by atoms with van der Waals surface area (Å²) in [6.07, 6.45) is 6.11. The van der Waals surface area contributed by atoms with Crippen molar-refractivity contribution < 1.29 is 18.7 Å². The molecule has 6 nitrogen and oxygen atoms in total. The number of nitrogens with zero attached hydrogens (tertiary/aromatic N) is 2. The van der Waals surface area contributed by atoms with Gasteiger partial charge in [0.2, 0.25) is 0 Å². The molecule has 2 aromatic carbocycles. The number of benzene rings is 2. The summed E-state index contributed by atoms with van der Waals surface area (Å²) in [7, 11) is 3.58. The third-order valence-electron chi connectivity index (χ3n) is 7.03. The van der Waals surface area contributed by atoms with Gasteiger partial charge < -0.3 is 18.8 Å². The summed E-state index contributed by atoms with van der Waals surface area (Å²) in [4.78, 5) is 17.6. The molecule has 1 fully saturated rings. The van der Waals surface area contributed by atoms with E-state index in [0.29, 0.717) is 18.3 Å². The zero-order valence-corrected chi connectivity index (χ0v) is 21.3. The second kappa shape index (κ2) is 12.5. The number of carbonyl (C=O) groups excluding carboxylic acids is 1. The highest BCUT2D eigenvalue weighted by Crippen LogP contribution is 2.30. The molecule has 0 saturated carbocycles. The quantitative estimate of drug-likeness (QED) is 0.336. The number of hydrogen-bond donors (Lipinski definition) is 0. The molecule has 1 amide bonds. The molecule has 2 heterocycles. The highest BCUT2D eigenvalue weighted by atomic mass is 16.5. The molecule has 3 aromatic rings. The van der Waals surface area contributed by atoms with Gasteiger partial charge in [-0.05, 0) is 74.2 Å². The van der Waals surface area contributed by atoms with E-state index in [1.54, 1.807) is 31.6 Å². The molecule has 0 radical (unpaired) electrons. The van der Waals surface area contributed by atoms with Crippen LogP contribution in [0.25, 0.3) is 0 Å². The standard InChI is InChI=1S/C30H36N2O4/c1-4-18-35-28-12-6-5-10-25(28)22-32-16-14-24(15-17-32)27(21-23-9-7-11-26(20-23)34-3)31(2)30(33)29-13-8-19-36-29/h4-13,19-20,24,27H,1,14-18,21-22H2,2-3H3/t27-/m1/s1. The van der Waals surface area contributed by atoms with E-state index >= 15 is 0 Å². The van der Waals surface area contributed by atoms with Gasteiger partial charge in [0.1, 0.15) is 18.1 Å². The molecule has 36 heavy (non-hydrogen) atoms. The molecule has 0 unspecified atom stereocenters. The van der Waals surface area contributed by atoms with Gasteiger partial charge in [-0.15, -0.1) is 0 Å². The Bertz CT molecular complexity index is 1120. The lowest BCUT2D eigenvalue weighted by Crippen LogP contribution is -2.47. The maximum Gasteiger partial charge on any atom is 0.289 e. The number of carbonyl (C=O) groups is 1. The van der Waals surface area contributed by atoms with E-state index in [-0.39, 0.29) is 11.9 Å². The first-order valence-electron chi connectivity index (χ1n) is 12.6. The molecule has 0 aliphatic carbocycles. The van der Waals surface area contributed by atoms with Crippen LogP contribution in [0.4, 0.5) is 0 Å². The first-order chi connectivity index (χ1) is 17.6. The normalized spacial score (nSPS) is 15.3. The molecule has 1 aliphatic rings. The Kier molecular flexibility index (Phi) is 8.85. The fraction of sp³-hybridized carbons (Fsp3) is 0.367. The average Bonchev–Trinajstić information content (AvgIpc) is 3.46. The highest BCUT2D eigenvalue weighted by Gasteiger charge is 2.33. The number of piperidine rings is 1. The van der Waals surface area contributed by atoms with Crippen molar-refractivity contribution in [3.63, 3.8) is 0 Å². The number of ether oxygens (including phenoxy) is 2. The number of furan rings is 1. The monoisotopic (exact) mass is 488 g/mol. The Hall–Kier alpha value is -3.51. The van der Waals surface area contributed by atoms with Gasteiger partial charge in [0.15, 0.2) is 5.76 Å². The topological polar surface area (TPSA) is 55.2 Å². The van der Waals surface area contributed by atoms with Gasteiger partial charge in [0, 0.05) is 25.2 Å². The number of likely N-dealkylation sites (N-methyl/N-ethyl adjacent to an activating group) is 1. The second-order valence-corrected chi connectivity index (χ2v) is 9.34. The van der Waals surface area contributed by atoms with Gasteiger partial charge in [-0.2, -0.15) is 0 Å². The predicted molar refractivity (Wildman–Crippen MR) is 141 cm³/mol. The van der Waals surface area contributed by atoms with Crippen molar-refractivity contribution in [1.82, 2.24) is 9.80 Å². The van der Waals surface area contributed by atoms with Crippen LogP contribution in [0.2, 0.25) is 0 Å². The summed E-state index contributed by atoms with van der Waals surface area (Å²) in [6, 6.07) is 19.9. The van der Waals surface area contributed by atoms with E-state index in [2.05, 4.69) is 35.7 Å². The lowest BCUT2D eigenvalue weighted by atomic mass is 9.84. The minimum atomic E-state index is -0.0800. The number of para-hydroxylation sites is 1. The van der Waals surface area contributed by atoms with Crippen LogP contribution >= 0.6 is 0 Å². The first-order valence-corrected chi connectivity index (χ1v) is 12.6. The number of rotatable bonds is 11. The van der Waals surface area contributed by atoms with Crippen molar-refractivity contribution in [1.29, 1.82) is 0 Å². The first kappa shape index (κ1) is 25.6. The Morgan fingerprint density at radius 3 is 2.69 bits per heavy atom. The number of amides is 1. The van der Waals surface area contributed by atoms with Crippen molar-refractivity contribution in [3.8, 4) is 11.5 Å². The summed E-state index contributed by atoms with van der Waals surface area (Å²) in [5.41, 5.74) is 2.35. The van der Waals surface area contributed by atoms with Crippen LogP contribution in [0.1, 0.15) is 34.5 Å². The summed E-state index contributed by atoms with van der Waals surface area (Å²) in [6.45, 7) is 7.04. The van der Waals surface area contributed by atoms with Crippen molar-refractivity contribution >= 4 is 5.91 Å². The lowest BCUT2D eigenvalue weighted by molar-refractivity contribution is 0.0555. The number of methoxy groups -OCH3 is 1. The molecule has 0 bridgehead atoms. The van der Waals surface area contributed by atoms with E-state index in [4.69, 9.17) is 13.9 Å². The zero-order valence-electron chi connectivity index (χ0n) is 21.3. The SMILES string of the molecule is C=CCOc1ccccc1CN1CCC([C@@H](Cc2cccc(OC)c2)N(C)C(=O)c2ccco2)CC1. The van der Waals surface area contributed by atoms with E-state index in [1.165, 1.54) is 5.56 Å². The van der Waals surface area contributed by atoms with Crippen LogP contribution in [0, 0.1) is 5.92 Å². The van der Waals surface area contributed by atoms with Crippen LogP contribution in [0.5, 0.6) is 11.5 Å². The highest BCUT2D eigenvalue weighted by molar-refractivity contribution is 5.91. The Labute approximate surface area is 214 Å². The lowest BCUT2D eigenvalue weighted by Gasteiger charge is -2.40. The average molecular weight is 489 g/mol. The van der Waals surface area contributed by atoms with Crippen molar-refractivity contribution in [3.05, 3.63) is 96.5 Å². The van der Waals surface area contributed by atoms with E-state index in [1.807, 2.05) is 36.2 Å². The number of likely N-dealkylation sites (tertiary alicyclic amines) is 1. The van der Waals surface area contributed by atoms with Gasteiger partial charge in [-0.25, -0.2) is 0 Å². The van der Waals surface area contributed by atoms with E-state index < -0.39 is 0 Å². The van der Waals surface area contributed by atoms with Crippen LogP contribution in [-0.2, 0) is 13.0 Å². The van der Waals surface area contributed by atoms with Crippen molar-refractivity contribution in [2.24, 2.45) is 5.92 Å². The summed E-state index contributed by atoms with van der Waals surface area (Å²) >= 11 is 0. The van der Waals surface area contributed by atoms with Crippen LogP contribution in [0.3, 0.4) is 0 Å². The molecule has 1 saturated heterocycles. The maximum absolute atomic E-state index is 13.2. The zero-order chi connectivity index (χ0) is 25.3. The minimum absolute atomic E-state index is 0.0556. The van der Waals surface area contributed by atoms with E-state index in [9.17, 15) is 4.79 Å². The van der Waals surface area contributed by atoms with Crippen LogP contribution < -0.4 is 9.47 Å². The molecule has 0 N–H and O–H groups in total. The van der Waals surface area contributed by atoms with Crippen LogP contribution in [-0.4, -0.2) is 55.6 Å². The van der Waals surface area contributed by atoms with Gasteiger partial charge in [0.25, 0.3) is 5.91 Å². The third-order valence-corrected chi connectivity index (χ3v) is 7.03. The smallest absolute Gasteiger partial charge is 0.289 e. The number of hydrogen-bond acceptors (Lipinski definition) is 5. The summed E-state index contributed by atoms with van der Waals surface area (Å²) < 4.78 is 16.7. The fourth-order valence-corrected chi connectivity index (χ4v) is 5.05. The predicted octanol–water partition coefficient (Wildman–Crippen LogP) is 5.45. The van der Waals surface area contributed by atoms with Crippen molar-refractivity contribution in [2.45, 2.75) is 31.8 Å². The Morgan fingerprint density at radius 2 is 1.97 bits per heavy atom. The largest absolute Gasteiger partial charge is 0.497 e. The molecule has 1 aliphatic heterocycles. The third kappa shape index (κ3) is 6.38. The molecule has 4 rings (SSSR count). The maximum atomic E-state index is 13.2. The summed E-state index contributed by atoms with van der Waals surface area (Å²) in [5.74, 6) is 2.42. The molecule has 190 valence electrons. The van der Waals surface area contributed by atoms with Gasteiger partial charge >= 0.3 is 0 Å². The second-order valence-electron chi connectivity index (χ2n) is 9.34. The molecular weight excluding hydrogens is 452 g/mol. The molecule has 1 atom stereocenters. The van der Waals surface area contributed by atoms with Crippen LogP contribution in [0.15, 0.2) is 84.0 Å². The molecule has 1 aromatic heterocycles. The molecular formula is C30H36N2O4. The van der Waals surface area contributed by atoms with Gasteiger partial charge in [0.05, 0.1) is 13.4 Å². The van der Waals surface area contributed by atoms with Crippen molar-refractivity contribution in [2.75, 3.05) is 33.9 Å². The minimum Gasteiger partial charge on any atom is -0.497 e. The molecule has 0 spiro atoms. The van der Waals surface area contributed by atoms with E-state index in [0.717, 1.165) is 56.0 Å². The van der Waals surface area contributed by atoms with Gasteiger partial charge in [-0.3, -0.25) is 9.69 Å².